The van der Waals surface area contributed by atoms with Gasteiger partial charge in [-0.25, -0.2) is 0 Å². The van der Waals surface area contributed by atoms with Gasteiger partial charge in [-0.3, -0.25) is 14.7 Å². The van der Waals surface area contributed by atoms with E-state index in [0.29, 0.717) is 12.1 Å². The number of nitrogens with zero attached hydrogens (tertiary/aromatic N) is 2. The van der Waals surface area contributed by atoms with E-state index in [-0.39, 0.29) is 12.0 Å². The second-order valence-electron chi connectivity index (χ2n) is 6.42. The van der Waals surface area contributed by atoms with Gasteiger partial charge in [0.2, 0.25) is 0 Å². The normalized spacial score (nSPS) is 16.0. The maximum atomic E-state index is 12.1. The lowest BCUT2D eigenvalue weighted by Crippen LogP contribution is -2.33. The van der Waals surface area contributed by atoms with E-state index in [0.717, 1.165) is 25.4 Å². The summed E-state index contributed by atoms with van der Waals surface area (Å²) in [5, 5.41) is 2.88. The molecule has 0 unspecified atom stereocenters. The average molecular weight is 372 g/mol. The van der Waals surface area contributed by atoms with Crippen LogP contribution in [0.3, 0.4) is 0 Å². The van der Waals surface area contributed by atoms with E-state index in [1.165, 1.54) is 17.1 Å². The Morgan fingerprint density at radius 3 is 2.92 bits per heavy atom. The van der Waals surface area contributed by atoms with Crippen LogP contribution in [0.25, 0.3) is 0 Å². The van der Waals surface area contributed by atoms with Crippen LogP contribution in [0.15, 0.2) is 48.8 Å². The van der Waals surface area contributed by atoms with Crippen LogP contribution >= 0.6 is 11.8 Å². The van der Waals surface area contributed by atoms with E-state index in [4.69, 9.17) is 4.74 Å². The second kappa shape index (κ2) is 9.59. The number of benzene rings is 1. The topological polar surface area (TPSA) is 54.5 Å². The molecule has 1 atom stereocenters. The highest BCUT2D eigenvalue weighted by Gasteiger charge is 2.12. The van der Waals surface area contributed by atoms with E-state index in [1.54, 1.807) is 24.5 Å². The fourth-order valence-electron chi connectivity index (χ4n) is 2.84. The zero-order valence-corrected chi connectivity index (χ0v) is 15.9. The summed E-state index contributed by atoms with van der Waals surface area (Å²) >= 11 is 2.02. The number of ether oxygens (including phenoxy) is 1. The second-order valence-corrected chi connectivity index (χ2v) is 7.64. The smallest absolute Gasteiger partial charge is 0.252 e. The molecule has 138 valence electrons. The molecule has 6 heteroatoms. The molecule has 0 spiro atoms. The molecule has 0 bridgehead atoms. The fraction of sp³-hybridized carbons (Fsp3) is 0.400. The molecule has 1 aromatic heterocycles. The molecule has 26 heavy (non-hydrogen) atoms. The van der Waals surface area contributed by atoms with Crippen molar-refractivity contribution in [3.8, 4) is 5.75 Å². The number of aromatic nitrogens is 1. The van der Waals surface area contributed by atoms with Crippen molar-refractivity contribution in [2.75, 3.05) is 31.1 Å². The zero-order valence-electron chi connectivity index (χ0n) is 15.1. The van der Waals surface area contributed by atoms with Crippen LogP contribution in [-0.2, 0) is 6.54 Å². The molecule has 1 aliphatic rings. The van der Waals surface area contributed by atoms with Gasteiger partial charge in [-0.05, 0) is 36.8 Å². The van der Waals surface area contributed by atoms with E-state index >= 15 is 0 Å². The van der Waals surface area contributed by atoms with Gasteiger partial charge in [-0.2, -0.15) is 11.8 Å². The van der Waals surface area contributed by atoms with Crippen molar-refractivity contribution >= 4 is 17.7 Å². The first kappa shape index (κ1) is 18.7. The maximum absolute atomic E-state index is 12.1. The van der Waals surface area contributed by atoms with E-state index in [2.05, 4.69) is 27.3 Å². The van der Waals surface area contributed by atoms with Crippen molar-refractivity contribution < 1.29 is 9.53 Å². The van der Waals surface area contributed by atoms with Gasteiger partial charge in [0, 0.05) is 43.5 Å². The van der Waals surface area contributed by atoms with E-state index in [1.807, 2.05) is 30.8 Å². The van der Waals surface area contributed by atoms with Gasteiger partial charge >= 0.3 is 0 Å². The highest BCUT2D eigenvalue weighted by Crippen LogP contribution is 2.18. The molecule has 1 aromatic carbocycles. The fourth-order valence-corrected chi connectivity index (χ4v) is 3.82. The molecule has 1 N–H and O–H groups in total. The minimum absolute atomic E-state index is 0.114. The average Bonchev–Trinajstić information content (AvgIpc) is 2.68. The number of thioether (sulfide) groups is 1. The predicted octanol–water partition coefficient (Wildman–Crippen LogP) is 2.83. The van der Waals surface area contributed by atoms with Gasteiger partial charge in [0.05, 0.1) is 12.1 Å². The number of hydrogen-bond acceptors (Lipinski definition) is 5. The number of hydrogen-bond donors (Lipinski definition) is 1. The molecule has 2 heterocycles. The minimum atomic E-state index is -0.134. The molecule has 2 aromatic rings. The summed E-state index contributed by atoms with van der Waals surface area (Å²) in [4.78, 5) is 18.5. The zero-order chi connectivity index (χ0) is 18.2. The Balaban J connectivity index is 1.48. The first-order valence-corrected chi connectivity index (χ1v) is 10.1. The van der Waals surface area contributed by atoms with Gasteiger partial charge in [0.25, 0.3) is 5.91 Å². The number of rotatable bonds is 7. The van der Waals surface area contributed by atoms with Crippen LogP contribution in [-0.4, -0.2) is 53.0 Å². The van der Waals surface area contributed by atoms with Crippen molar-refractivity contribution in [3.05, 3.63) is 59.9 Å². The Kier molecular flexibility index (Phi) is 6.91. The summed E-state index contributed by atoms with van der Waals surface area (Å²) in [6.07, 6.45) is 3.10. The van der Waals surface area contributed by atoms with Crippen LogP contribution < -0.4 is 10.1 Å². The van der Waals surface area contributed by atoms with Crippen LogP contribution in [0.4, 0.5) is 0 Å². The lowest BCUT2D eigenvalue weighted by atomic mass is 10.2. The van der Waals surface area contributed by atoms with Crippen molar-refractivity contribution in [2.45, 2.75) is 19.6 Å². The molecule has 5 nitrogen and oxygen atoms in total. The molecule has 1 aliphatic heterocycles. The molecular weight excluding hydrogens is 346 g/mol. The van der Waals surface area contributed by atoms with Gasteiger partial charge in [0.1, 0.15) is 11.9 Å². The summed E-state index contributed by atoms with van der Waals surface area (Å²) in [5.41, 5.74) is 1.82. The minimum Gasteiger partial charge on any atom is -0.489 e. The molecule has 0 radical (unpaired) electrons. The quantitative estimate of drug-likeness (QED) is 0.811. The monoisotopic (exact) mass is 371 g/mol. The Hall–Kier alpha value is -2.05. The third-order valence-electron chi connectivity index (χ3n) is 4.22. The van der Waals surface area contributed by atoms with E-state index < -0.39 is 0 Å². The Morgan fingerprint density at radius 2 is 2.15 bits per heavy atom. The van der Waals surface area contributed by atoms with Gasteiger partial charge in [-0.1, -0.05) is 12.1 Å². The number of nitrogens with one attached hydrogen (secondary N) is 1. The Bertz CT molecular complexity index is 705. The van der Waals surface area contributed by atoms with Crippen LogP contribution in [0, 0.1) is 0 Å². The third kappa shape index (κ3) is 5.75. The molecule has 1 amide bonds. The Labute approximate surface area is 159 Å². The first-order chi connectivity index (χ1) is 12.7. The summed E-state index contributed by atoms with van der Waals surface area (Å²) in [6, 6.07) is 11.7. The van der Waals surface area contributed by atoms with Crippen molar-refractivity contribution in [1.29, 1.82) is 0 Å². The largest absolute Gasteiger partial charge is 0.489 e. The lowest BCUT2D eigenvalue weighted by molar-refractivity contribution is 0.0932. The molecule has 1 fully saturated rings. The molecule has 3 rings (SSSR count). The highest BCUT2D eigenvalue weighted by atomic mass is 32.2. The summed E-state index contributed by atoms with van der Waals surface area (Å²) < 4.78 is 5.98. The summed E-state index contributed by atoms with van der Waals surface area (Å²) in [6.45, 7) is 5.66. The number of carbonyl (C=O) groups is 1. The van der Waals surface area contributed by atoms with Gasteiger partial charge in [0.15, 0.2) is 0 Å². The first-order valence-electron chi connectivity index (χ1n) is 8.94. The van der Waals surface area contributed by atoms with Crippen molar-refractivity contribution in [2.24, 2.45) is 0 Å². The van der Waals surface area contributed by atoms with Crippen LogP contribution in [0.2, 0.25) is 0 Å². The van der Waals surface area contributed by atoms with E-state index in [9.17, 15) is 4.79 Å². The maximum Gasteiger partial charge on any atom is 0.252 e. The summed E-state index contributed by atoms with van der Waals surface area (Å²) in [5.74, 6) is 3.13. The standard InChI is InChI=1S/C20H25N3O2S/c1-16(13-22-20(24)18-5-3-7-21-14-18)25-19-6-2-4-17(12-19)15-23-8-10-26-11-9-23/h2-7,12,14,16H,8-11,13,15H2,1H3,(H,22,24)/t16-/m0/s1. The van der Waals surface area contributed by atoms with Crippen LogP contribution in [0.5, 0.6) is 5.75 Å². The highest BCUT2D eigenvalue weighted by molar-refractivity contribution is 7.99. The summed E-state index contributed by atoms with van der Waals surface area (Å²) in [7, 11) is 0. The molecular formula is C20H25N3O2S. The third-order valence-corrected chi connectivity index (χ3v) is 5.16. The molecule has 0 saturated carbocycles. The molecule has 1 saturated heterocycles. The van der Waals surface area contributed by atoms with Crippen LogP contribution in [0.1, 0.15) is 22.8 Å². The number of amides is 1. The van der Waals surface area contributed by atoms with Gasteiger partial charge in [-0.15, -0.1) is 0 Å². The predicted molar refractivity (Wildman–Crippen MR) is 106 cm³/mol. The van der Waals surface area contributed by atoms with Crippen molar-refractivity contribution in [1.82, 2.24) is 15.2 Å². The lowest BCUT2D eigenvalue weighted by Gasteiger charge is -2.26. The van der Waals surface area contributed by atoms with Gasteiger partial charge < -0.3 is 10.1 Å². The molecule has 0 aliphatic carbocycles. The SMILES string of the molecule is C[C@@H](CNC(=O)c1cccnc1)Oc1cccc(CN2CCSCC2)c1. The number of carbonyl (C=O) groups excluding carboxylic acids is 1. The Morgan fingerprint density at radius 1 is 1.31 bits per heavy atom. The number of pyridine rings is 1. The van der Waals surface area contributed by atoms with Crippen molar-refractivity contribution in [3.63, 3.8) is 0 Å².